The second kappa shape index (κ2) is 4.31. The standard InChI is InChI=1S/C13H18FN/c1-10-3-4-13(14)12(9-10)11-5-7-15(2)8-6-11/h3-4,9,11H,5-8H2,1-2H3. The summed E-state index contributed by atoms with van der Waals surface area (Å²) in [5.74, 6) is 0.385. The van der Waals surface area contributed by atoms with Crippen molar-refractivity contribution in [1.82, 2.24) is 4.90 Å². The highest BCUT2D eigenvalue weighted by Gasteiger charge is 2.20. The Kier molecular flexibility index (Phi) is 3.06. The highest BCUT2D eigenvalue weighted by Crippen LogP contribution is 2.29. The van der Waals surface area contributed by atoms with Crippen LogP contribution in [0, 0.1) is 12.7 Å². The predicted octanol–water partition coefficient (Wildman–Crippen LogP) is 2.94. The van der Waals surface area contributed by atoms with Crippen LogP contribution < -0.4 is 0 Å². The SMILES string of the molecule is Cc1ccc(F)c(C2CCN(C)CC2)c1. The molecule has 0 atom stereocenters. The smallest absolute Gasteiger partial charge is 0.126 e. The summed E-state index contributed by atoms with van der Waals surface area (Å²) in [7, 11) is 2.13. The van der Waals surface area contributed by atoms with E-state index in [1.165, 1.54) is 0 Å². The van der Waals surface area contributed by atoms with E-state index in [4.69, 9.17) is 0 Å². The number of hydrogen-bond donors (Lipinski definition) is 0. The molecule has 1 aliphatic rings. The number of rotatable bonds is 1. The first-order chi connectivity index (χ1) is 7.16. The maximum atomic E-state index is 13.6. The summed E-state index contributed by atoms with van der Waals surface area (Å²) in [6.45, 7) is 4.19. The molecule has 0 spiro atoms. The monoisotopic (exact) mass is 207 g/mol. The first-order valence-electron chi connectivity index (χ1n) is 5.61. The molecule has 0 aromatic heterocycles. The molecule has 1 saturated heterocycles. The lowest BCUT2D eigenvalue weighted by molar-refractivity contribution is 0.253. The Labute approximate surface area is 90.9 Å². The molecule has 1 fully saturated rings. The lowest BCUT2D eigenvalue weighted by atomic mass is 9.88. The Bertz CT molecular complexity index is 340. The molecule has 0 saturated carbocycles. The van der Waals surface area contributed by atoms with Crippen molar-refractivity contribution >= 4 is 0 Å². The predicted molar refractivity (Wildman–Crippen MR) is 60.6 cm³/mol. The molecule has 2 rings (SSSR count). The molecule has 0 bridgehead atoms. The molecule has 1 aromatic rings. The quantitative estimate of drug-likeness (QED) is 0.684. The van der Waals surface area contributed by atoms with Gasteiger partial charge in [-0.25, -0.2) is 4.39 Å². The van der Waals surface area contributed by atoms with Crippen molar-refractivity contribution in [2.24, 2.45) is 0 Å². The van der Waals surface area contributed by atoms with Gasteiger partial charge in [-0.1, -0.05) is 17.7 Å². The van der Waals surface area contributed by atoms with Crippen LogP contribution in [0.4, 0.5) is 4.39 Å². The summed E-state index contributed by atoms with van der Waals surface area (Å²) in [5, 5.41) is 0. The van der Waals surface area contributed by atoms with Crippen LogP contribution in [0.3, 0.4) is 0 Å². The van der Waals surface area contributed by atoms with Crippen molar-refractivity contribution in [3.05, 3.63) is 35.1 Å². The van der Waals surface area contributed by atoms with E-state index >= 15 is 0 Å². The minimum absolute atomic E-state index is 0.0323. The third kappa shape index (κ3) is 2.37. The van der Waals surface area contributed by atoms with Crippen LogP contribution >= 0.6 is 0 Å². The van der Waals surface area contributed by atoms with Crippen LogP contribution in [-0.4, -0.2) is 25.0 Å². The second-order valence-electron chi connectivity index (χ2n) is 4.60. The third-order valence-electron chi connectivity index (χ3n) is 3.31. The van der Waals surface area contributed by atoms with Gasteiger partial charge in [-0.3, -0.25) is 0 Å². The summed E-state index contributed by atoms with van der Waals surface area (Å²) in [6, 6.07) is 5.45. The van der Waals surface area contributed by atoms with E-state index in [1.54, 1.807) is 6.07 Å². The molecule has 1 nitrogen and oxygen atoms in total. The van der Waals surface area contributed by atoms with E-state index < -0.39 is 0 Å². The zero-order valence-electron chi connectivity index (χ0n) is 9.46. The average Bonchev–Trinajstić information content (AvgIpc) is 2.23. The number of nitrogens with zero attached hydrogens (tertiary/aromatic N) is 1. The van der Waals surface area contributed by atoms with Gasteiger partial charge in [0, 0.05) is 0 Å². The van der Waals surface area contributed by atoms with Crippen molar-refractivity contribution in [2.45, 2.75) is 25.7 Å². The molecule has 0 amide bonds. The molecule has 1 aliphatic heterocycles. The lowest BCUT2D eigenvalue weighted by Gasteiger charge is -2.29. The molecule has 0 unspecified atom stereocenters. The van der Waals surface area contributed by atoms with Gasteiger partial charge >= 0.3 is 0 Å². The van der Waals surface area contributed by atoms with E-state index in [-0.39, 0.29) is 5.82 Å². The van der Waals surface area contributed by atoms with Gasteiger partial charge in [-0.2, -0.15) is 0 Å². The summed E-state index contributed by atoms with van der Waals surface area (Å²) in [4.78, 5) is 2.31. The molecule has 0 aliphatic carbocycles. The third-order valence-corrected chi connectivity index (χ3v) is 3.31. The molecule has 15 heavy (non-hydrogen) atoms. The normalized spacial score (nSPS) is 19.4. The van der Waals surface area contributed by atoms with Gasteiger partial charge < -0.3 is 4.90 Å². The zero-order valence-corrected chi connectivity index (χ0v) is 9.46. The van der Waals surface area contributed by atoms with Crippen molar-refractivity contribution in [3.8, 4) is 0 Å². The highest BCUT2D eigenvalue weighted by molar-refractivity contribution is 5.27. The second-order valence-corrected chi connectivity index (χ2v) is 4.60. The fraction of sp³-hybridized carbons (Fsp3) is 0.538. The first-order valence-corrected chi connectivity index (χ1v) is 5.61. The van der Waals surface area contributed by atoms with Gasteiger partial charge in [0.15, 0.2) is 0 Å². The van der Waals surface area contributed by atoms with Gasteiger partial charge in [-0.15, -0.1) is 0 Å². The first kappa shape index (κ1) is 10.6. The van der Waals surface area contributed by atoms with Crippen LogP contribution in [0.1, 0.15) is 29.9 Å². The fourth-order valence-electron chi connectivity index (χ4n) is 2.30. The van der Waals surface area contributed by atoms with Crippen LogP contribution in [-0.2, 0) is 0 Å². The van der Waals surface area contributed by atoms with Crippen molar-refractivity contribution < 1.29 is 4.39 Å². The average molecular weight is 207 g/mol. The van der Waals surface area contributed by atoms with Crippen molar-refractivity contribution in [1.29, 1.82) is 0 Å². The van der Waals surface area contributed by atoms with Gasteiger partial charge in [0.1, 0.15) is 5.82 Å². The summed E-state index contributed by atoms with van der Waals surface area (Å²) < 4.78 is 13.6. The topological polar surface area (TPSA) is 3.24 Å². The molecule has 1 aromatic carbocycles. The Morgan fingerprint density at radius 2 is 1.93 bits per heavy atom. The van der Waals surface area contributed by atoms with Crippen LogP contribution in [0.5, 0.6) is 0 Å². The van der Waals surface area contributed by atoms with Gasteiger partial charge in [0.05, 0.1) is 0 Å². The highest BCUT2D eigenvalue weighted by atomic mass is 19.1. The molecular weight excluding hydrogens is 189 g/mol. The van der Waals surface area contributed by atoms with Crippen molar-refractivity contribution in [3.63, 3.8) is 0 Å². The largest absolute Gasteiger partial charge is 0.306 e. The number of likely N-dealkylation sites (tertiary alicyclic amines) is 1. The summed E-state index contributed by atoms with van der Waals surface area (Å²) >= 11 is 0. The molecular formula is C13H18FN. The lowest BCUT2D eigenvalue weighted by Crippen LogP contribution is -2.29. The van der Waals surface area contributed by atoms with Gasteiger partial charge in [-0.05, 0) is 57.5 Å². The Morgan fingerprint density at radius 3 is 2.60 bits per heavy atom. The number of aryl methyl sites for hydroxylation is 1. The Hall–Kier alpha value is -0.890. The molecule has 2 heteroatoms. The minimum Gasteiger partial charge on any atom is -0.306 e. The van der Waals surface area contributed by atoms with E-state index in [2.05, 4.69) is 11.9 Å². The Morgan fingerprint density at radius 1 is 1.27 bits per heavy atom. The number of hydrogen-bond acceptors (Lipinski definition) is 1. The minimum atomic E-state index is -0.0323. The van der Waals surface area contributed by atoms with Crippen LogP contribution in [0.25, 0.3) is 0 Å². The molecule has 0 N–H and O–H groups in total. The fourth-order valence-corrected chi connectivity index (χ4v) is 2.30. The number of halogens is 1. The maximum absolute atomic E-state index is 13.6. The summed E-state index contributed by atoms with van der Waals surface area (Å²) in [5.41, 5.74) is 2.08. The van der Waals surface area contributed by atoms with Gasteiger partial charge in [0.2, 0.25) is 0 Å². The van der Waals surface area contributed by atoms with Gasteiger partial charge in [0.25, 0.3) is 0 Å². The van der Waals surface area contributed by atoms with E-state index in [1.807, 2.05) is 19.1 Å². The van der Waals surface area contributed by atoms with E-state index in [0.717, 1.165) is 37.1 Å². The molecule has 1 heterocycles. The maximum Gasteiger partial charge on any atom is 0.126 e. The Balaban J connectivity index is 2.18. The van der Waals surface area contributed by atoms with Crippen LogP contribution in [0.2, 0.25) is 0 Å². The number of piperidine rings is 1. The van der Waals surface area contributed by atoms with Crippen molar-refractivity contribution in [2.75, 3.05) is 20.1 Å². The number of benzene rings is 1. The summed E-state index contributed by atoms with van der Waals surface area (Å²) in [6.07, 6.45) is 2.16. The van der Waals surface area contributed by atoms with E-state index in [9.17, 15) is 4.39 Å². The zero-order chi connectivity index (χ0) is 10.8. The van der Waals surface area contributed by atoms with E-state index in [0.29, 0.717) is 5.92 Å². The molecule has 82 valence electrons. The van der Waals surface area contributed by atoms with Crippen LogP contribution in [0.15, 0.2) is 18.2 Å². The molecule has 0 radical (unpaired) electrons.